The van der Waals surface area contributed by atoms with E-state index in [-0.39, 0.29) is 0 Å². The van der Waals surface area contributed by atoms with Gasteiger partial charge in [-0.3, -0.25) is 0 Å². The van der Waals surface area contributed by atoms with Crippen molar-refractivity contribution in [3.63, 3.8) is 0 Å². The molecule has 0 spiro atoms. The standard InChI is InChI=1S/C23H20N/c1-17-10-6-7-13-19(17)23-21-15-9-8-14-20(21)22(16-24(23)2)18-11-4-3-5-12-18/h3-16H,1-2H3/q+1. The largest absolute Gasteiger partial charge is 0.220 e. The minimum atomic E-state index is 1.25. The van der Waals surface area contributed by atoms with Crippen molar-refractivity contribution in [2.24, 2.45) is 7.05 Å². The summed E-state index contributed by atoms with van der Waals surface area (Å²) in [6, 6.07) is 27.9. The smallest absolute Gasteiger partial charge is 0.200 e. The predicted molar refractivity (Wildman–Crippen MR) is 101 cm³/mol. The third-order valence-electron chi connectivity index (χ3n) is 4.63. The summed E-state index contributed by atoms with van der Waals surface area (Å²) in [4.78, 5) is 0. The van der Waals surface area contributed by atoms with Crippen molar-refractivity contribution in [3.05, 3.63) is 90.6 Å². The fourth-order valence-corrected chi connectivity index (χ4v) is 3.46. The van der Waals surface area contributed by atoms with Crippen LogP contribution in [-0.2, 0) is 7.05 Å². The van der Waals surface area contributed by atoms with Gasteiger partial charge in [-0.25, -0.2) is 0 Å². The molecule has 0 radical (unpaired) electrons. The highest BCUT2D eigenvalue weighted by Crippen LogP contribution is 2.33. The molecule has 116 valence electrons. The van der Waals surface area contributed by atoms with Crippen LogP contribution in [0.2, 0.25) is 0 Å². The van der Waals surface area contributed by atoms with E-state index in [4.69, 9.17) is 0 Å². The van der Waals surface area contributed by atoms with Crippen LogP contribution in [-0.4, -0.2) is 0 Å². The zero-order chi connectivity index (χ0) is 16.5. The van der Waals surface area contributed by atoms with Crippen LogP contribution in [0.5, 0.6) is 0 Å². The van der Waals surface area contributed by atoms with E-state index in [9.17, 15) is 0 Å². The Morgan fingerprint density at radius 1 is 0.625 bits per heavy atom. The van der Waals surface area contributed by atoms with Gasteiger partial charge in [0.25, 0.3) is 0 Å². The van der Waals surface area contributed by atoms with Crippen LogP contribution in [0.25, 0.3) is 33.2 Å². The maximum absolute atomic E-state index is 2.26. The summed E-state index contributed by atoms with van der Waals surface area (Å²) in [5.74, 6) is 0. The van der Waals surface area contributed by atoms with Crippen molar-refractivity contribution >= 4 is 10.8 Å². The van der Waals surface area contributed by atoms with Gasteiger partial charge in [0.2, 0.25) is 5.69 Å². The lowest BCUT2D eigenvalue weighted by Crippen LogP contribution is -2.31. The Morgan fingerprint density at radius 3 is 2.00 bits per heavy atom. The Balaban J connectivity index is 2.09. The van der Waals surface area contributed by atoms with Crippen LogP contribution >= 0.6 is 0 Å². The van der Waals surface area contributed by atoms with E-state index >= 15 is 0 Å². The molecule has 1 heteroatoms. The minimum Gasteiger partial charge on any atom is -0.200 e. The normalized spacial score (nSPS) is 10.9. The highest BCUT2D eigenvalue weighted by atomic mass is 14.9. The number of hydrogen-bond acceptors (Lipinski definition) is 0. The minimum absolute atomic E-state index is 1.25. The third kappa shape index (κ3) is 2.39. The molecule has 1 heterocycles. The van der Waals surface area contributed by atoms with Crippen molar-refractivity contribution in [3.8, 4) is 22.4 Å². The van der Waals surface area contributed by atoms with E-state index < -0.39 is 0 Å². The Kier molecular flexibility index (Phi) is 3.62. The molecule has 1 aromatic heterocycles. The molecule has 24 heavy (non-hydrogen) atoms. The van der Waals surface area contributed by atoms with E-state index in [2.05, 4.69) is 104 Å². The summed E-state index contributed by atoms with van der Waals surface area (Å²) in [5.41, 5.74) is 6.37. The topological polar surface area (TPSA) is 3.88 Å². The second-order valence-electron chi connectivity index (χ2n) is 6.23. The first-order chi connectivity index (χ1) is 11.8. The molecule has 0 N–H and O–H groups in total. The van der Waals surface area contributed by atoms with Gasteiger partial charge in [0.05, 0.1) is 10.9 Å². The van der Waals surface area contributed by atoms with Gasteiger partial charge in [0.1, 0.15) is 7.05 Å². The molecule has 0 amide bonds. The van der Waals surface area contributed by atoms with Crippen molar-refractivity contribution in [1.82, 2.24) is 0 Å². The fourth-order valence-electron chi connectivity index (χ4n) is 3.46. The molecule has 0 saturated carbocycles. The number of aryl methyl sites for hydroxylation is 2. The van der Waals surface area contributed by atoms with Gasteiger partial charge in [-0.1, -0.05) is 66.7 Å². The van der Waals surface area contributed by atoms with Gasteiger partial charge >= 0.3 is 0 Å². The second kappa shape index (κ2) is 5.93. The van der Waals surface area contributed by atoms with Crippen LogP contribution < -0.4 is 4.57 Å². The van der Waals surface area contributed by atoms with Crippen molar-refractivity contribution in [2.45, 2.75) is 6.92 Å². The Hall–Kier alpha value is -2.93. The number of rotatable bonds is 2. The fraction of sp³-hybridized carbons (Fsp3) is 0.0870. The molecule has 0 unspecified atom stereocenters. The van der Waals surface area contributed by atoms with E-state index in [0.29, 0.717) is 0 Å². The maximum Gasteiger partial charge on any atom is 0.220 e. The molecule has 0 saturated heterocycles. The van der Waals surface area contributed by atoms with E-state index in [0.717, 1.165) is 0 Å². The molecular weight excluding hydrogens is 290 g/mol. The quantitative estimate of drug-likeness (QED) is 0.442. The summed E-state index contributed by atoms with van der Waals surface area (Å²) in [6.45, 7) is 2.18. The van der Waals surface area contributed by atoms with E-state index in [1.54, 1.807) is 0 Å². The maximum atomic E-state index is 2.26. The lowest BCUT2D eigenvalue weighted by atomic mass is 9.95. The summed E-state index contributed by atoms with van der Waals surface area (Å²) >= 11 is 0. The zero-order valence-electron chi connectivity index (χ0n) is 14.0. The molecule has 1 nitrogen and oxygen atoms in total. The van der Waals surface area contributed by atoms with Gasteiger partial charge in [-0.05, 0) is 30.2 Å². The first-order valence-electron chi connectivity index (χ1n) is 8.28. The Morgan fingerprint density at radius 2 is 1.25 bits per heavy atom. The van der Waals surface area contributed by atoms with Gasteiger partial charge in [-0.15, -0.1) is 0 Å². The summed E-state index contributed by atoms with van der Waals surface area (Å²) in [5, 5.41) is 2.58. The van der Waals surface area contributed by atoms with Gasteiger partial charge in [0.15, 0.2) is 6.20 Å². The molecule has 0 bridgehead atoms. The number of hydrogen-bond donors (Lipinski definition) is 0. The van der Waals surface area contributed by atoms with Crippen molar-refractivity contribution in [2.75, 3.05) is 0 Å². The number of nitrogens with zero attached hydrogens (tertiary/aromatic N) is 1. The Bertz CT molecular complexity index is 1020. The van der Waals surface area contributed by atoms with Gasteiger partial charge < -0.3 is 0 Å². The highest BCUT2D eigenvalue weighted by Gasteiger charge is 2.20. The van der Waals surface area contributed by atoms with Gasteiger partial charge in [0, 0.05) is 10.9 Å². The Labute approximate surface area is 142 Å². The van der Waals surface area contributed by atoms with Crippen LogP contribution in [0.15, 0.2) is 85.1 Å². The monoisotopic (exact) mass is 310 g/mol. The molecular formula is C23H20N+. The van der Waals surface area contributed by atoms with Crippen LogP contribution in [0.4, 0.5) is 0 Å². The van der Waals surface area contributed by atoms with Crippen molar-refractivity contribution in [1.29, 1.82) is 0 Å². The van der Waals surface area contributed by atoms with Crippen LogP contribution in [0.3, 0.4) is 0 Å². The molecule has 0 atom stereocenters. The first kappa shape index (κ1) is 14.6. The third-order valence-corrected chi connectivity index (χ3v) is 4.63. The lowest BCUT2D eigenvalue weighted by Gasteiger charge is -2.11. The molecule has 3 aromatic carbocycles. The molecule has 0 fully saturated rings. The molecule has 0 aliphatic heterocycles. The molecule has 4 rings (SSSR count). The van der Waals surface area contributed by atoms with Crippen molar-refractivity contribution < 1.29 is 4.57 Å². The number of benzene rings is 3. The number of aromatic nitrogens is 1. The summed E-state index contributed by atoms with van der Waals surface area (Å²) < 4.78 is 2.26. The second-order valence-corrected chi connectivity index (χ2v) is 6.23. The molecule has 4 aromatic rings. The first-order valence-corrected chi connectivity index (χ1v) is 8.28. The predicted octanol–water partition coefficient (Wildman–Crippen LogP) is 5.31. The molecule has 0 aliphatic carbocycles. The number of pyridine rings is 1. The highest BCUT2D eigenvalue weighted by molar-refractivity contribution is 6.02. The van der Waals surface area contributed by atoms with Crippen LogP contribution in [0.1, 0.15) is 5.56 Å². The average Bonchev–Trinajstić information content (AvgIpc) is 2.63. The lowest BCUT2D eigenvalue weighted by molar-refractivity contribution is -0.658. The van der Waals surface area contributed by atoms with Gasteiger partial charge in [-0.2, -0.15) is 4.57 Å². The van der Waals surface area contributed by atoms with E-state index in [1.165, 1.54) is 38.7 Å². The number of fused-ring (bicyclic) bond motifs is 1. The SMILES string of the molecule is Cc1ccccc1-c1c2ccccc2c(-c2ccccc2)c[n+]1C. The average molecular weight is 310 g/mol. The zero-order valence-corrected chi connectivity index (χ0v) is 14.0. The summed E-state index contributed by atoms with van der Waals surface area (Å²) in [6.07, 6.45) is 2.25. The molecule has 0 aliphatic rings. The van der Waals surface area contributed by atoms with E-state index in [1.807, 2.05) is 0 Å². The summed E-state index contributed by atoms with van der Waals surface area (Å²) in [7, 11) is 2.14. The van der Waals surface area contributed by atoms with Crippen LogP contribution in [0, 0.1) is 6.92 Å².